The summed E-state index contributed by atoms with van der Waals surface area (Å²) in [5.74, 6) is -1.16. The lowest BCUT2D eigenvalue weighted by atomic mass is 9.55. The first-order valence-electron chi connectivity index (χ1n) is 13.0. The molecular formula is C29H32N2O3. The maximum absolute atomic E-state index is 13.6. The van der Waals surface area contributed by atoms with Gasteiger partial charge in [0.1, 0.15) is 0 Å². The molecule has 0 spiro atoms. The van der Waals surface area contributed by atoms with Crippen LogP contribution in [0.4, 0.5) is 0 Å². The molecule has 34 heavy (non-hydrogen) atoms. The van der Waals surface area contributed by atoms with Crippen LogP contribution in [-0.4, -0.2) is 35.2 Å². The van der Waals surface area contributed by atoms with E-state index in [1.54, 1.807) is 0 Å². The molecule has 0 radical (unpaired) electrons. The summed E-state index contributed by atoms with van der Waals surface area (Å²) in [7, 11) is 0. The highest BCUT2D eigenvalue weighted by atomic mass is 16.2. The first-order chi connectivity index (χ1) is 16.6. The van der Waals surface area contributed by atoms with Crippen molar-refractivity contribution in [1.82, 2.24) is 10.2 Å². The molecule has 5 heteroatoms. The van der Waals surface area contributed by atoms with Gasteiger partial charge < -0.3 is 5.32 Å². The first-order valence-corrected chi connectivity index (χ1v) is 13.0. The maximum atomic E-state index is 13.6. The van der Waals surface area contributed by atoms with E-state index in [2.05, 4.69) is 29.6 Å². The minimum absolute atomic E-state index is 0.0458. The van der Waals surface area contributed by atoms with E-state index in [0.29, 0.717) is 0 Å². The van der Waals surface area contributed by atoms with E-state index in [4.69, 9.17) is 0 Å². The van der Waals surface area contributed by atoms with E-state index >= 15 is 0 Å². The predicted molar refractivity (Wildman–Crippen MR) is 129 cm³/mol. The molecule has 3 amide bonds. The lowest BCUT2D eigenvalue weighted by molar-refractivity contribution is -0.140. The Labute approximate surface area is 200 Å². The zero-order valence-corrected chi connectivity index (χ0v) is 19.5. The molecule has 2 aromatic rings. The van der Waals surface area contributed by atoms with E-state index in [-0.39, 0.29) is 60.4 Å². The van der Waals surface area contributed by atoms with Crippen molar-refractivity contribution in [3.05, 3.63) is 70.8 Å². The van der Waals surface area contributed by atoms with Crippen LogP contribution in [0.3, 0.4) is 0 Å². The number of nitrogens with one attached hydrogen (secondary N) is 1. The van der Waals surface area contributed by atoms with Crippen LogP contribution < -0.4 is 5.32 Å². The molecule has 1 saturated heterocycles. The van der Waals surface area contributed by atoms with Gasteiger partial charge in [0.2, 0.25) is 17.7 Å². The summed E-state index contributed by atoms with van der Waals surface area (Å²) in [6, 6.07) is 16.8. The van der Waals surface area contributed by atoms with Gasteiger partial charge in [-0.15, -0.1) is 0 Å². The van der Waals surface area contributed by atoms with Gasteiger partial charge in [0.05, 0.1) is 11.8 Å². The molecule has 1 N–H and O–H groups in total. The molecule has 2 fully saturated rings. The molecule has 2 atom stereocenters. The molecule has 5 nitrogen and oxygen atoms in total. The summed E-state index contributed by atoms with van der Waals surface area (Å²) in [5, 5.41) is 3.17. The number of carbonyl (C=O) groups is 3. The third-order valence-electron chi connectivity index (χ3n) is 8.57. The molecule has 7 rings (SSSR count). The van der Waals surface area contributed by atoms with Gasteiger partial charge in [-0.25, -0.2) is 0 Å². The van der Waals surface area contributed by atoms with Crippen molar-refractivity contribution >= 4 is 17.7 Å². The molecule has 1 aliphatic heterocycles. The molecule has 2 aromatic carbocycles. The monoisotopic (exact) mass is 456 g/mol. The summed E-state index contributed by atoms with van der Waals surface area (Å²) in [6.07, 6.45) is 8.30. The smallest absolute Gasteiger partial charge is 0.234 e. The number of carbonyl (C=O) groups excluding carboxylic acids is 3. The average Bonchev–Trinajstić information content (AvgIpc) is 3.09. The highest BCUT2D eigenvalue weighted by Gasteiger charge is 2.61. The Bertz CT molecular complexity index is 1020. The minimum Gasteiger partial charge on any atom is -0.353 e. The normalized spacial score (nSPS) is 28.1. The van der Waals surface area contributed by atoms with Gasteiger partial charge >= 0.3 is 0 Å². The fourth-order valence-corrected chi connectivity index (χ4v) is 7.07. The average molecular weight is 457 g/mol. The topological polar surface area (TPSA) is 66.5 Å². The van der Waals surface area contributed by atoms with Crippen molar-refractivity contribution in [2.45, 2.75) is 69.2 Å². The van der Waals surface area contributed by atoms with Gasteiger partial charge in [-0.2, -0.15) is 0 Å². The van der Waals surface area contributed by atoms with E-state index in [1.165, 1.54) is 46.4 Å². The number of amides is 3. The van der Waals surface area contributed by atoms with Crippen LogP contribution >= 0.6 is 0 Å². The SMILES string of the molecule is O=C(CCN1C(=O)C2C3c4ccccc4C(c4ccccc43)C2C1=O)NC1CCCCCCC1. The number of benzene rings is 2. The molecule has 0 aromatic heterocycles. The standard InChI is InChI=1S/C29H32N2O3/c32-23(30-18-10-4-2-1-3-5-11-18)16-17-31-28(33)26-24-19-12-6-7-13-20(19)25(27(26)29(31)34)22-15-9-8-14-21(22)24/h6-9,12-15,18,24-27H,1-5,10-11,16-17H2,(H,30,32). The van der Waals surface area contributed by atoms with Crippen molar-refractivity contribution in [1.29, 1.82) is 0 Å². The summed E-state index contributed by atoms with van der Waals surface area (Å²) in [4.78, 5) is 41.4. The van der Waals surface area contributed by atoms with Crippen LogP contribution in [-0.2, 0) is 14.4 Å². The van der Waals surface area contributed by atoms with Crippen molar-refractivity contribution in [3.63, 3.8) is 0 Å². The van der Waals surface area contributed by atoms with Gasteiger partial charge in [-0.3, -0.25) is 19.3 Å². The lowest BCUT2D eigenvalue weighted by Crippen LogP contribution is -2.41. The second kappa shape index (κ2) is 8.68. The molecule has 4 aliphatic carbocycles. The second-order valence-electron chi connectivity index (χ2n) is 10.5. The largest absolute Gasteiger partial charge is 0.353 e. The minimum atomic E-state index is -0.365. The van der Waals surface area contributed by atoms with Gasteiger partial charge in [-0.1, -0.05) is 80.6 Å². The zero-order valence-electron chi connectivity index (χ0n) is 19.5. The highest BCUT2D eigenvalue weighted by molar-refractivity contribution is 6.08. The fourth-order valence-electron chi connectivity index (χ4n) is 7.07. The molecule has 176 valence electrons. The van der Waals surface area contributed by atoms with Crippen molar-refractivity contribution in [3.8, 4) is 0 Å². The van der Waals surface area contributed by atoms with E-state index in [0.717, 1.165) is 25.7 Å². The number of rotatable bonds is 4. The maximum Gasteiger partial charge on any atom is 0.234 e. The van der Waals surface area contributed by atoms with Crippen molar-refractivity contribution < 1.29 is 14.4 Å². The van der Waals surface area contributed by atoms with Crippen LogP contribution in [0.2, 0.25) is 0 Å². The van der Waals surface area contributed by atoms with E-state index in [1.807, 2.05) is 24.3 Å². The Morgan fingerprint density at radius 3 is 1.65 bits per heavy atom. The Hall–Kier alpha value is -2.95. The summed E-state index contributed by atoms with van der Waals surface area (Å²) >= 11 is 0. The Morgan fingerprint density at radius 1 is 0.735 bits per heavy atom. The quantitative estimate of drug-likeness (QED) is 0.689. The van der Waals surface area contributed by atoms with Crippen molar-refractivity contribution in [2.24, 2.45) is 11.8 Å². The lowest BCUT2D eigenvalue weighted by Gasteiger charge is -2.45. The predicted octanol–water partition coefficient (Wildman–Crippen LogP) is 4.50. The van der Waals surface area contributed by atoms with Crippen LogP contribution in [0.15, 0.2) is 48.5 Å². The zero-order chi connectivity index (χ0) is 23.2. The number of nitrogens with zero attached hydrogens (tertiary/aromatic N) is 1. The van der Waals surface area contributed by atoms with Crippen LogP contribution in [0.5, 0.6) is 0 Å². The number of hydrogen-bond donors (Lipinski definition) is 1. The Balaban J connectivity index is 1.21. The van der Waals surface area contributed by atoms with Gasteiger partial charge in [0.15, 0.2) is 0 Å². The molecule has 1 saturated carbocycles. The number of imide groups is 1. The van der Waals surface area contributed by atoms with E-state index in [9.17, 15) is 14.4 Å². The summed E-state index contributed by atoms with van der Waals surface area (Å²) in [6.45, 7) is 0.176. The Kier molecular flexibility index (Phi) is 5.51. The number of hydrogen-bond acceptors (Lipinski definition) is 3. The van der Waals surface area contributed by atoms with Crippen molar-refractivity contribution in [2.75, 3.05) is 6.54 Å². The molecular weight excluding hydrogens is 424 g/mol. The first kappa shape index (κ1) is 21.6. The highest BCUT2D eigenvalue weighted by Crippen LogP contribution is 2.60. The van der Waals surface area contributed by atoms with E-state index < -0.39 is 0 Å². The number of likely N-dealkylation sites (tertiary alicyclic amines) is 1. The molecule has 1 heterocycles. The fraction of sp³-hybridized carbons (Fsp3) is 0.483. The summed E-state index contributed by atoms with van der Waals surface area (Å²) < 4.78 is 0. The Morgan fingerprint density at radius 2 is 1.18 bits per heavy atom. The molecule has 2 unspecified atom stereocenters. The molecule has 2 bridgehead atoms. The third kappa shape index (κ3) is 3.40. The van der Waals surface area contributed by atoms with Crippen LogP contribution in [0.1, 0.15) is 85.5 Å². The van der Waals surface area contributed by atoms with Crippen LogP contribution in [0.25, 0.3) is 0 Å². The third-order valence-corrected chi connectivity index (χ3v) is 8.57. The second-order valence-corrected chi connectivity index (χ2v) is 10.5. The van der Waals surface area contributed by atoms with Gasteiger partial charge in [0, 0.05) is 30.8 Å². The van der Waals surface area contributed by atoms with Gasteiger partial charge in [0.25, 0.3) is 0 Å². The van der Waals surface area contributed by atoms with Crippen LogP contribution in [0, 0.1) is 11.8 Å². The van der Waals surface area contributed by atoms with Gasteiger partial charge in [-0.05, 0) is 35.1 Å². The summed E-state index contributed by atoms with van der Waals surface area (Å²) in [5.41, 5.74) is 4.71. The molecule has 5 aliphatic rings.